The molecule has 0 spiro atoms. The van der Waals surface area contributed by atoms with E-state index < -0.39 is 0 Å². The van der Waals surface area contributed by atoms with E-state index >= 15 is 0 Å². The minimum Gasteiger partial charge on any atom is -0.306 e. The summed E-state index contributed by atoms with van der Waals surface area (Å²) in [5, 5.41) is 2.49. The van der Waals surface area contributed by atoms with Gasteiger partial charge in [0.15, 0.2) is 0 Å². The van der Waals surface area contributed by atoms with Crippen LogP contribution in [0.5, 0.6) is 0 Å². The highest BCUT2D eigenvalue weighted by Gasteiger charge is 2.28. The third-order valence-electron chi connectivity index (χ3n) is 11.2. The molecule has 0 unspecified atom stereocenters. The number of fused-ring (bicyclic) bond motifs is 10. The second-order valence-corrected chi connectivity index (χ2v) is 17.6. The molecule has 0 amide bonds. The van der Waals surface area contributed by atoms with E-state index in [9.17, 15) is 0 Å². The molecule has 6 heteroatoms. The standard InChI is InChI=1S/C48H38N4S2/c1-27-7-15-33(16-8-27)49-39-25-38-40(26-37(39)43-45(49)47-41(23-31(5)53-47)51(43)35-19-11-29(3)12-20-35)50(34-17-9-28(2)10-18-34)46-44(38)52(36-21-13-30(4)14-22-36)42-24-32(6)54-48(42)46/h7-26H,1-6H3. The predicted octanol–water partition coefficient (Wildman–Crippen LogP) is 13.7. The van der Waals surface area contributed by atoms with Crippen LogP contribution < -0.4 is 0 Å². The third-order valence-corrected chi connectivity index (χ3v) is 13.3. The van der Waals surface area contributed by atoms with E-state index in [0.29, 0.717) is 0 Å². The molecule has 5 aromatic carbocycles. The van der Waals surface area contributed by atoms with Crippen LogP contribution in [0, 0.1) is 41.5 Å². The Hall–Kier alpha value is -5.82. The minimum absolute atomic E-state index is 1.17. The van der Waals surface area contributed by atoms with Gasteiger partial charge >= 0.3 is 0 Å². The Morgan fingerprint density at radius 3 is 0.889 bits per heavy atom. The van der Waals surface area contributed by atoms with Crippen molar-refractivity contribution in [2.45, 2.75) is 41.5 Å². The van der Waals surface area contributed by atoms with Crippen LogP contribution >= 0.6 is 22.7 Å². The summed E-state index contributed by atoms with van der Waals surface area (Å²) < 4.78 is 12.7. The minimum atomic E-state index is 1.17. The van der Waals surface area contributed by atoms with Crippen molar-refractivity contribution in [1.29, 1.82) is 0 Å². The Labute approximate surface area is 321 Å². The number of benzene rings is 5. The Balaban J connectivity index is 1.39. The number of nitrogens with zero attached hydrogens (tertiary/aromatic N) is 4. The summed E-state index contributed by atoms with van der Waals surface area (Å²) >= 11 is 3.79. The normalized spacial score (nSPS) is 12.3. The van der Waals surface area contributed by atoms with Gasteiger partial charge in [-0.2, -0.15) is 0 Å². The van der Waals surface area contributed by atoms with Crippen molar-refractivity contribution in [3.8, 4) is 22.7 Å². The van der Waals surface area contributed by atoms with Gasteiger partial charge in [-0.25, -0.2) is 0 Å². The van der Waals surface area contributed by atoms with Crippen molar-refractivity contribution in [2.24, 2.45) is 0 Å². The molecule has 0 aliphatic rings. The van der Waals surface area contributed by atoms with E-state index in [1.54, 1.807) is 0 Å². The maximum atomic E-state index is 2.53. The smallest absolute Gasteiger partial charge is 0.0905 e. The molecular weight excluding hydrogens is 697 g/mol. The van der Waals surface area contributed by atoms with Crippen molar-refractivity contribution < 1.29 is 0 Å². The van der Waals surface area contributed by atoms with Crippen LogP contribution in [0.2, 0.25) is 0 Å². The molecule has 0 N–H and O–H groups in total. The monoisotopic (exact) mass is 734 g/mol. The molecule has 6 heterocycles. The zero-order valence-corrected chi connectivity index (χ0v) is 32.8. The molecule has 0 aliphatic heterocycles. The predicted molar refractivity (Wildman–Crippen MR) is 233 cm³/mol. The van der Waals surface area contributed by atoms with E-state index in [1.807, 2.05) is 22.7 Å². The highest BCUT2D eigenvalue weighted by Crippen LogP contribution is 2.48. The maximum absolute atomic E-state index is 2.53. The number of thiophene rings is 2. The number of aryl methyl sites for hydroxylation is 6. The molecular formula is C48H38N4S2. The highest BCUT2D eigenvalue weighted by molar-refractivity contribution is 7.20. The van der Waals surface area contributed by atoms with E-state index in [1.165, 1.54) is 119 Å². The lowest BCUT2D eigenvalue weighted by molar-refractivity contribution is 1.17. The molecule has 0 saturated heterocycles. The molecule has 0 radical (unpaired) electrons. The van der Waals surface area contributed by atoms with Crippen LogP contribution in [-0.4, -0.2) is 18.3 Å². The van der Waals surface area contributed by atoms with Crippen molar-refractivity contribution in [2.75, 3.05) is 0 Å². The van der Waals surface area contributed by atoms with E-state index in [4.69, 9.17) is 0 Å². The summed E-state index contributed by atoms with van der Waals surface area (Å²) in [5.41, 5.74) is 19.7. The van der Waals surface area contributed by atoms with Gasteiger partial charge in [-0.3, -0.25) is 0 Å². The van der Waals surface area contributed by atoms with Crippen LogP contribution in [0.4, 0.5) is 0 Å². The molecule has 0 bridgehead atoms. The van der Waals surface area contributed by atoms with Gasteiger partial charge in [0, 0.05) is 43.3 Å². The van der Waals surface area contributed by atoms with Gasteiger partial charge in [0.25, 0.3) is 0 Å². The number of aromatic nitrogens is 4. The topological polar surface area (TPSA) is 19.7 Å². The van der Waals surface area contributed by atoms with Gasteiger partial charge in [0.2, 0.25) is 0 Å². The van der Waals surface area contributed by atoms with Gasteiger partial charge in [0.05, 0.1) is 53.5 Å². The Morgan fingerprint density at radius 1 is 0.315 bits per heavy atom. The first kappa shape index (κ1) is 31.7. The molecule has 11 aromatic rings. The summed E-state index contributed by atoms with van der Waals surface area (Å²) in [6, 6.07) is 45.9. The van der Waals surface area contributed by atoms with Crippen molar-refractivity contribution in [1.82, 2.24) is 18.3 Å². The SMILES string of the molecule is Cc1ccc(-n2c3cc(C)sc3c3c2c2cc4c(cc2n3-c2ccc(C)cc2)c2c(c3sc(C)cc3n2-c2ccc(C)cc2)n4-c2ccc(C)cc2)cc1. The molecule has 0 atom stereocenters. The second-order valence-electron chi connectivity index (χ2n) is 15.1. The summed E-state index contributed by atoms with van der Waals surface area (Å²) in [4.78, 5) is 2.62. The molecule has 0 fully saturated rings. The van der Waals surface area contributed by atoms with Crippen molar-refractivity contribution in [3.05, 3.63) is 153 Å². The lowest BCUT2D eigenvalue weighted by Gasteiger charge is -2.11. The summed E-state index contributed by atoms with van der Waals surface area (Å²) in [7, 11) is 0. The van der Waals surface area contributed by atoms with E-state index in [-0.39, 0.29) is 0 Å². The first-order valence-electron chi connectivity index (χ1n) is 18.6. The average Bonchev–Trinajstić information content (AvgIpc) is 3.98. The molecule has 0 aliphatic carbocycles. The summed E-state index contributed by atoms with van der Waals surface area (Å²) in [6.07, 6.45) is 0. The van der Waals surface area contributed by atoms with Crippen LogP contribution in [0.25, 0.3) is 87.1 Å². The largest absolute Gasteiger partial charge is 0.306 e. The molecule has 0 saturated carbocycles. The van der Waals surface area contributed by atoms with Gasteiger partial charge in [-0.05, 0) is 114 Å². The summed E-state index contributed by atoms with van der Waals surface area (Å²) in [5.74, 6) is 0. The van der Waals surface area contributed by atoms with Gasteiger partial charge in [0.1, 0.15) is 0 Å². The molecule has 11 rings (SSSR count). The summed E-state index contributed by atoms with van der Waals surface area (Å²) in [6.45, 7) is 13.1. The van der Waals surface area contributed by atoms with Gasteiger partial charge in [-0.15, -0.1) is 22.7 Å². The maximum Gasteiger partial charge on any atom is 0.0905 e. The van der Waals surface area contributed by atoms with Gasteiger partial charge < -0.3 is 18.3 Å². The lowest BCUT2D eigenvalue weighted by atomic mass is 10.1. The average molecular weight is 735 g/mol. The Morgan fingerprint density at radius 2 is 0.593 bits per heavy atom. The zero-order valence-electron chi connectivity index (χ0n) is 31.2. The zero-order chi connectivity index (χ0) is 36.6. The van der Waals surface area contributed by atoms with E-state index in [0.717, 1.165) is 0 Å². The number of rotatable bonds is 4. The number of hydrogen-bond acceptors (Lipinski definition) is 2. The second kappa shape index (κ2) is 11.3. The Bertz CT molecular complexity index is 3060. The third kappa shape index (κ3) is 4.41. The van der Waals surface area contributed by atoms with Crippen LogP contribution in [0.3, 0.4) is 0 Å². The van der Waals surface area contributed by atoms with E-state index in [2.05, 4.69) is 181 Å². The molecule has 6 aromatic heterocycles. The molecule has 4 nitrogen and oxygen atoms in total. The fourth-order valence-corrected chi connectivity index (χ4v) is 10.7. The molecule has 54 heavy (non-hydrogen) atoms. The first-order valence-corrected chi connectivity index (χ1v) is 20.2. The van der Waals surface area contributed by atoms with Crippen LogP contribution in [-0.2, 0) is 0 Å². The first-order chi connectivity index (χ1) is 26.2. The fourth-order valence-electron chi connectivity index (χ4n) is 8.67. The van der Waals surface area contributed by atoms with Crippen molar-refractivity contribution in [3.63, 3.8) is 0 Å². The van der Waals surface area contributed by atoms with Crippen LogP contribution in [0.1, 0.15) is 32.0 Å². The quantitative estimate of drug-likeness (QED) is 0.172. The molecule has 262 valence electrons. The number of hydrogen-bond donors (Lipinski definition) is 0. The lowest BCUT2D eigenvalue weighted by Crippen LogP contribution is -1.95. The van der Waals surface area contributed by atoms with Crippen molar-refractivity contribution >= 4 is 87.0 Å². The van der Waals surface area contributed by atoms with Gasteiger partial charge in [-0.1, -0.05) is 70.8 Å². The highest BCUT2D eigenvalue weighted by atomic mass is 32.1. The Kier molecular flexibility index (Phi) is 6.66. The van der Waals surface area contributed by atoms with Crippen LogP contribution in [0.15, 0.2) is 121 Å². The fraction of sp³-hybridized carbons (Fsp3) is 0.125.